The molecule has 6 heteroatoms. The largest absolute Gasteiger partial charge is 0.370 e. The number of thioether (sulfide) groups is 1. The molecular weight excluding hydrogens is 264 g/mol. The summed E-state index contributed by atoms with van der Waals surface area (Å²) in [5.74, 6) is 2.67. The molecule has 18 heavy (non-hydrogen) atoms. The fourth-order valence-electron chi connectivity index (χ4n) is 1.35. The SMILES string of the molecule is CCCNc1ccc(CSc2nc(C)ns2)cn1. The van der Waals surface area contributed by atoms with E-state index in [1.54, 1.807) is 11.8 Å². The van der Waals surface area contributed by atoms with E-state index < -0.39 is 0 Å². The van der Waals surface area contributed by atoms with Crippen molar-refractivity contribution >= 4 is 29.1 Å². The lowest BCUT2D eigenvalue weighted by atomic mass is 10.3. The number of pyridine rings is 1. The third-order valence-electron chi connectivity index (χ3n) is 2.25. The van der Waals surface area contributed by atoms with E-state index >= 15 is 0 Å². The summed E-state index contributed by atoms with van der Waals surface area (Å²) >= 11 is 3.15. The molecule has 4 nitrogen and oxygen atoms in total. The topological polar surface area (TPSA) is 50.7 Å². The first kappa shape index (κ1) is 13.3. The van der Waals surface area contributed by atoms with Gasteiger partial charge in [0.15, 0.2) is 4.34 Å². The van der Waals surface area contributed by atoms with Crippen molar-refractivity contribution < 1.29 is 0 Å². The van der Waals surface area contributed by atoms with E-state index in [1.807, 2.05) is 19.2 Å². The molecule has 0 saturated carbocycles. The molecule has 0 aromatic carbocycles. The van der Waals surface area contributed by atoms with Crippen molar-refractivity contribution in [1.29, 1.82) is 0 Å². The molecule has 2 aromatic heterocycles. The highest BCUT2D eigenvalue weighted by atomic mass is 32.2. The van der Waals surface area contributed by atoms with Gasteiger partial charge in [0.25, 0.3) is 0 Å². The highest BCUT2D eigenvalue weighted by Crippen LogP contribution is 2.24. The van der Waals surface area contributed by atoms with Gasteiger partial charge in [0.1, 0.15) is 11.6 Å². The smallest absolute Gasteiger partial charge is 0.170 e. The first-order valence-electron chi connectivity index (χ1n) is 5.90. The first-order chi connectivity index (χ1) is 8.78. The lowest BCUT2D eigenvalue weighted by molar-refractivity contribution is 0.968. The second kappa shape index (κ2) is 6.70. The monoisotopic (exact) mass is 280 g/mol. The average Bonchev–Trinajstić information content (AvgIpc) is 2.81. The minimum Gasteiger partial charge on any atom is -0.370 e. The Kier molecular flexibility index (Phi) is 4.95. The highest BCUT2D eigenvalue weighted by Gasteiger charge is 2.02. The molecule has 1 N–H and O–H groups in total. The Hall–Kier alpha value is -1.14. The maximum atomic E-state index is 4.38. The van der Waals surface area contributed by atoms with Gasteiger partial charge in [-0.1, -0.05) is 24.8 Å². The normalized spacial score (nSPS) is 10.6. The van der Waals surface area contributed by atoms with Gasteiger partial charge in [-0.05, 0) is 36.5 Å². The summed E-state index contributed by atoms with van der Waals surface area (Å²) in [6.45, 7) is 5.02. The maximum absolute atomic E-state index is 4.38. The predicted molar refractivity (Wildman–Crippen MR) is 77.2 cm³/mol. The van der Waals surface area contributed by atoms with Gasteiger partial charge >= 0.3 is 0 Å². The van der Waals surface area contributed by atoms with Crippen molar-refractivity contribution in [2.45, 2.75) is 30.4 Å². The Bertz CT molecular complexity index is 481. The number of aryl methyl sites for hydroxylation is 1. The molecule has 0 bridgehead atoms. The zero-order chi connectivity index (χ0) is 12.8. The number of nitrogens with zero attached hydrogens (tertiary/aromatic N) is 3. The second-order valence-electron chi connectivity index (χ2n) is 3.87. The number of nitrogens with one attached hydrogen (secondary N) is 1. The summed E-state index contributed by atoms with van der Waals surface area (Å²) in [7, 11) is 0. The van der Waals surface area contributed by atoms with Gasteiger partial charge in [-0.2, -0.15) is 4.37 Å². The Morgan fingerprint density at radius 1 is 1.39 bits per heavy atom. The van der Waals surface area contributed by atoms with Crippen LogP contribution in [0.5, 0.6) is 0 Å². The molecule has 0 saturated heterocycles. The standard InChI is InChI=1S/C12H16N4S2/c1-3-6-13-11-5-4-10(7-14-11)8-17-12-15-9(2)16-18-12/h4-5,7H,3,6,8H2,1-2H3,(H,13,14). The van der Waals surface area contributed by atoms with E-state index in [0.29, 0.717) is 0 Å². The predicted octanol–water partition coefficient (Wildman–Crippen LogP) is 3.36. The van der Waals surface area contributed by atoms with Crippen molar-refractivity contribution in [3.63, 3.8) is 0 Å². The molecule has 2 rings (SSSR count). The number of rotatable bonds is 6. The van der Waals surface area contributed by atoms with Crippen LogP contribution in [-0.2, 0) is 5.75 Å². The molecule has 0 aliphatic carbocycles. The summed E-state index contributed by atoms with van der Waals surface area (Å²) in [6.07, 6.45) is 3.02. The summed E-state index contributed by atoms with van der Waals surface area (Å²) < 4.78 is 5.18. The first-order valence-corrected chi connectivity index (χ1v) is 7.65. The third kappa shape index (κ3) is 3.96. The van der Waals surface area contributed by atoms with E-state index in [4.69, 9.17) is 0 Å². The maximum Gasteiger partial charge on any atom is 0.170 e. The molecule has 0 unspecified atom stereocenters. The molecule has 2 aromatic rings. The minimum atomic E-state index is 0.847. The molecular formula is C12H16N4S2. The molecule has 0 aliphatic rings. The van der Waals surface area contributed by atoms with E-state index in [0.717, 1.165) is 34.7 Å². The van der Waals surface area contributed by atoms with Crippen LogP contribution in [0.3, 0.4) is 0 Å². The van der Waals surface area contributed by atoms with Crippen LogP contribution >= 0.6 is 23.3 Å². The van der Waals surface area contributed by atoms with Crippen LogP contribution in [0.4, 0.5) is 5.82 Å². The van der Waals surface area contributed by atoms with Crippen LogP contribution in [-0.4, -0.2) is 20.9 Å². The molecule has 2 heterocycles. The molecule has 0 fully saturated rings. The van der Waals surface area contributed by atoms with E-state index in [-0.39, 0.29) is 0 Å². The summed E-state index contributed by atoms with van der Waals surface area (Å²) in [5, 5.41) is 3.26. The van der Waals surface area contributed by atoms with Crippen LogP contribution < -0.4 is 5.32 Å². The average molecular weight is 280 g/mol. The lowest BCUT2D eigenvalue weighted by Crippen LogP contribution is -2.01. The highest BCUT2D eigenvalue weighted by molar-refractivity contribution is 8.00. The Morgan fingerprint density at radius 2 is 2.28 bits per heavy atom. The van der Waals surface area contributed by atoms with E-state index in [2.05, 4.69) is 32.6 Å². The van der Waals surface area contributed by atoms with Crippen molar-refractivity contribution in [3.8, 4) is 0 Å². The summed E-state index contributed by atoms with van der Waals surface area (Å²) in [5.41, 5.74) is 1.20. The zero-order valence-electron chi connectivity index (χ0n) is 10.5. The van der Waals surface area contributed by atoms with Gasteiger partial charge in [-0.25, -0.2) is 9.97 Å². The minimum absolute atomic E-state index is 0.847. The molecule has 0 spiro atoms. The van der Waals surface area contributed by atoms with Gasteiger partial charge < -0.3 is 5.32 Å². The molecule has 0 amide bonds. The molecule has 0 radical (unpaired) electrons. The Morgan fingerprint density at radius 3 is 2.89 bits per heavy atom. The van der Waals surface area contributed by atoms with Crippen molar-refractivity contribution in [3.05, 3.63) is 29.7 Å². The van der Waals surface area contributed by atoms with Crippen LogP contribution in [0.25, 0.3) is 0 Å². The van der Waals surface area contributed by atoms with Crippen molar-refractivity contribution in [1.82, 2.24) is 14.3 Å². The Balaban J connectivity index is 1.86. The van der Waals surface area contributed by atoms with Gasteiger partial charge in [0.2, 0.25) is 0 Å². The molecule has 0 atom stereocenters. The fraction of sp³-hybridized carbons (Fsp3) is 0.417. The Labute approximate surface area is 115 Å². The van der Waals surface area contributed by atoms with Crippen LogP contribution in [0, 0.1) is 6.92 Å². The van der Waals surface area contributed by atoms with Gasteiger partial charge in [0, 0.05) is 18.5 Å². The number of hydrogen-bond acceptors (Lipinski definition) is 6. The quantitative estimate of drug-likeness (QED) is 0.822. The van der Waals surface area contributed by atoms with Crippen molar-refractivity contribution in [2.24, 2.45) is 0 Å². The van der Waals surface area contributed by atoms with Gasteiger partial charge in [-0.15, -0.1) is 0 Å². The van der Waals surface area contributed by atoms with Crippen molar-refractivity contribution in [2.75, 3.05) is 11.9 Å². The fourth-order valence-corrected chi connectivity index (χ4v) is 2.93. The number of anilines is 1. The zero-order valence-corrected chi connectivity index (χ0v) is 12.1. The van der Waals surface area contributed by atoms with Gasteiger partial charge in [-0.3, -0.25) is 0 Å². The third-order valence-corrected chi connectivity index (χ3v) is 4.25. The van der Waals surface area contributed by atoms with Gasteiger partial charge in [0.05, 0.1) is 0 Å². The van der Waals surface area contributed by atoms with E-state index in [1.165, 1.54) is 17.1 Å². The summed E-state index contributed by atoms with van der Waals surface area (Å²) in [4.78, 5) is 8.70. The molecule has 96 valence electrons. The second-order valence-corrected chi connectivity index (χ2v) is 5.85. The van der Waals surface area contributed by atoms with E-state index in [9.17, 15) is 0 Å². The lowest BCUT2D eigenvalue weighted by Gasteiger charge is -2.04. The van der Waals surface area contributed by atoms with Crippen LogP contribution in [0.1, 0.15) is 24.7 Å². The number of aromatic nitrogens is 3. The summed E-state index contributed by atoms with van der Waals surface area (Å²) in [6, 6.07) is 4.13. The van der Waals surface area contributed by atoms with Crippen LogP contribution in [0.2, 0.25) is 0 Å². The van der Waals surface area contributed by atoms with Crippen LogP contribution in [0.15, 0.2) is 22.7 Å². The molecule has 0 aliphatic heterocycles. The number of hydrogen-bond donors (Lipinski definition) is 1.